The number of likely N-dealkylation sites (N-methyl/N-ethyl adjacent to an activating group) is 1. The molecular weight excluding hydrogens is 268 g/mol. The number of carboxylic acid groups (broad SMARTS) is 1. The van der Waals surface area contributed by atoms with E-state index in [0.717, 1.165) is 26.2 Å². The van der Waals surface area contributed by atoms with Gasteiger partial charge in [-0.05, 0) is 19.4 Å². The number of carbonyl (C=O) groups is 1. The Morgan fingerprint density at radius 3 is 2.42 bits per heavy atom. The number of hydrogen-bond acceptors (Lipinski definition) is 5. The first-order valence-corrected chi connectivity index (χ1v) is 8.53. The van der Waals surface area contributed by atoms with Crippen LogP contribution in [0.5, 0.6) is 0 Å². The number of sulfone groups is 1. The molecule has 7 heteroatoms. The summed E-state index contributed by atoms with van der Waals surface area (Å²) in [5.41, 5.74) is 0. The number of carboxylic acids is 1. The lowest BCUT2D eigenvalue weighted by molar-refractivity contribution is -0.144. The summed E-state index contributed by atoms with van der Waals surface area (Å²) in [7, 11) is -0.963. The average molecular weight is 290 g/mol. The third-order valence-corrected chi connectivity index (χ3v) is 6.00. The van der Waals surface area contributed by atoms with E-state index in [1.54, 1.807) is 0 Å². The summed E-state index contributed by atoms with van der Waals surface area (Å²) >= 11 is 0. The van der Waals surface area contributed by atoms with Crippen molar-refractivity contribution in [2.45, 2.75) is 6.42 Å². The molecule has 0 aliphatic carbocycles. The number of rotatable bonds is 4. The van der Waals surface area contributed by atoms with Gasteiger partial charge in [-0.15, -0.1) is 0 Å². The first-order valence-electron chi connectivity index (χ1n) is 6.71. The van der Waals surface area contributed by atoms with Crippen molar-refractivity contribution >= 4 is 15.8 Å². The standard InChI is InChI=1S/C12H22N2O4S/c1-13-3-5-14(6-4-13)8-11(12(15)16)10-2-7-19(17,18)9-10/h10-11H,2-9H2,1H3,(H,15,16). The number of aliphatic carboxylic acids is 1. The van der Waals surface area contributed by atoms with E-state index in [0.29, 0.717) is 13.0 Å². The summed E-state index contributed by atoms with van der Waals surface area (Å²) in [6.45, 7) is 4.08. The molecule has 0 amide bonds. The maximum absolute atomic E-state index is 11.5. The highest BCUT2D eigenvalue weighted by Gasteiger charge is 2.38. The Balaban J connectivity index is 1.95. The largest absolute Gasteiger partial charge is 0.481 e. The summed E-state index contributed by atoms with van der Waals surface area (Å²) in [4.78, 5) is 15.8. The molecule has 2 atom stereocenters. The van der Waals surface area contributed by atoms with Gasteiger partial charge in [0.25, 0.3) is 0 Å². The van der Waals surface area contributed by atoms with Gasteiger partial charge in [-0.1, -0.05) is 0 Å². The van der Waals surface area contributed by atoms with Crippen LogP contribution in [0.2, 0.25) is 0 Å². The maximum Gasteiger partial charge on any atom is 0.308 e. The van der Waals surface area contributed by atoms with E-state index in [9.17, 15) is 18.3 Å². The third-order valence-electron chi connectivity index (χ3n) is 4.20. The summed E-state index contributed by atoms with van der Waals surface area (Å²) in [5.74, 6) is -1.45. The minimum Gasteiger partial charge on any atom is -0.481 e. The van der Waals surface area contributed by atoms with Crippen LogP contribution in [0.1, 0.15) is 6.42 Å². The second-order valence-corrected chi connectivity index (χ2v) is 7.94. The molecule has 110 valence electrons. The van der Waals surface area contributed by atoms with E-state index in [2.05, 4.69) is 16.8 Å². The predicted molar refractivity (Wildman–Crippen MR) is 71.8 cm³/mol. The zero-order valence-electron chi connectivity index (χ0n) is 11.3. The maximum atomic E-state index is 11.5. The topological polar surface area (TPSA) is 77.9 Å². The summed E-state index contributed by atoms with van der Waals surface area (Å²) in [5, 5.41) is 9.35. The van der Waals surface area contributed by atoms with Crippen LogP contribution in [-0.4, -0.2) is 80.6 Å². The first-order chi connectivity index (χ1) is 8.87. The zero-order chi connectivity index (χ0) is 14.0. The van der Waals surface area contributed by atoms with E-state index in [4.69, 9.17) is 0 Å². The molecule has 2 aliphatic heterocycles. The Bertz CT molecular complexity index is 429. The van der Waals surface area contributed by atoms with Crippen molar-refractivity contribution in [2.75, 3.05) is 51.3 Å². The quantitative estimate of drug-likeness (QED) is 0.743. The Morgan fingerprint density at radius 1 is 1.32 bits per heavy atom. The van der Waals surface area contributed by atoms with Crippen molar-refractivity contribution in [3.05, 3.63) is 0 Å². The number of nitrogens with zero attached hydrogens (tertiary/aromatic N) is 2. The average Bonchev–Trinajstić information content (AvgIpc) is 2.68. The molecule has 2 aliphatic rings. The Morgan fingerprint density at radius 2 is 1.95 bits per heavy atom. The van der Waals surface area contributed by atoms with Crippen LogP contribution in [-0.2, 0) is 14.6 Å². The predicted octanol–water partition coefficient (Wildman–Crippen LogP) is -0.631. The minimum atomic E-state index is -3.01. The molecule has 0 aromatic rings. The van der Waals surface area contributed by atoms with E-state index < -0.39 is 21.7 Å². The van der Waals surface area contributed by atoms with E-state index in [1.165, 1.54) is 0 Å². The fourth-order valence-corrected chi connectivity index (χ4v) is 4.76. The molecule has 19 heavy (non-hydrogen) atoms. The lowest BCUT2D eigenvalue weighted by Crippen LogP contribution is -2.48. The lowest BCUT2D eigenvalue weighted by atomic mass is 9.91. The molecule has 0 aromatic heterocycles. The van der Waals surface area contributed by atoms with Gasteiger partial charge in [-0.3, -0.25) is 9.69 Å². The summed E-state index contributed by atoms with van der Waals surface area (Å²) in [6, 6.07) is 0. The second-order valence-electron chi connectivity index (χ2n) is 5.71. The molecule has 0 radical (unpaired) electrons. The van der Waals surface area contributed by atoms with Crippen LogP contribution in [0.25, 0.3) is 0 Å². The van der Waals surface area contributed by atoms with Crippen molar-refractivity contribution in [1.82, 2.24) is 9.80 Å². The molecule has 0 bridgehead atoms. The van der Waals surface area contributed by atoms with Crippen LogP contribution in [0.3, 0.4) is 0 Å². The number of hydrogen-bond donors (Lipinski definition) is 1. The highest BCUT2D eigenvalue weighted by Crippen LogP contribution is 2.27. The van der Waals surface area contributed by atoms with Crippen molar-refractivity contribution in [2.24, 2.45) is 11.8 Å². The third kappa shape index (κ3) is 3.90. The fraction of sp³-hybridized carbons (Fsp3) is 0.917. The molecule has 0 saturated carbocycles. The monoisotopic (exact) mass is 290 g/mol. The molecule has 0 aromatic carbocycles. The first kappa shape index (κ1) is 14.7. The molecular formula is C12H22N2O4S. The van der Waals surface area contributed by atoms with Crippen LogP contribution in [0.4, 0.5) is 0 Å². The SMILES string of the molecule is CN1CCN(CC(C(=O)O)C2CCS(=O)(=O)C2)CC1. The van der Waals surface area contributed by atoms with E-state index in [-0.39, 0.29) is 17.4 Å². The van der Waals surface area contributed by atoms with Gasteiger partial charge in [0.15, 0.2) is 9.84 Å². The van der Waals surface area contributed by atoms with Gasteiger partial charge in [-0.25, -0.2) is 8.42 Å². The van der Waals surface area contributed by atoms with Crippen molar-refractivity contribution < 1.29 is 18.3 Å². The van der Waals surface area contributed by atoms with Crippen molar-refractivity contribution in [3.8, 4) is 0 Å². The molecule has 2 unspecified atom stereocenters. The van der Waals surface area contributed by atoms with Crippen LogP contribution >= 0.6 is 0 Å². The minimum absolute atomic E-state index is 0.0394. The molecule has 2 heterocycles. The van der Waals surface area contributed by atoms with Crippen LogP contribution in [0, 0.1) is 11.8 Å². The second kappa shape index (κ2) is 5.76. The Labute approximate surface area is 114 Å². The summed E-state index contributed by atoms with van der Waals surface area (Å²) in [6.07, 6.45) is 0.493. The van der Waals surface area contributed by atoms with Gasteiger partial charge in [0.1, 0.15) is 0 Å². The smallest absolute Gasteiger partial charge is 0.308 e. The van der Waals surface area contributed by atoms with Crippen LogP contribution in [0.15, 0.2) is 0 Å². The highest BCUT2D eigenvalue weighted by atomic mass is 32.2. The van der Waals surface area contributed by atoms with E-state index >= 15 is 0 Å². The Kier molecular flexibility index (Phi) is 4.47. The van der Waals surface area contributed by atoms with Gasteiger partial charge in [0, 0.05) is 32.7 Å². The summed E-state index contributed by atoms with van der Waals surface area (Å²) < 4.78 is 23.0. The van der Waals surface area contributed by atoms with E-state index in [1.807, 2.05) is 0 Å². The molecule has 2 saturated heterocycles. The van der Waals surface area contributed by atoms with Gasteiger partial charge in [0.2, 0.25) is 0 Å². The Hall–Kier alpha value is -0.660. The fourth-order valence-electron chi connectivity index (χ4n) is 2.88. The molecule has 2 fully saturated rings. The molecule has 0 spiro atoms. The van der Waals surface area contributed by atoms with Gasteiger partial charge in [0.05, 0.1) is 17.4 Å². The van der Waals surface area contributed by atoms with Crippen LogP contribution < -0.4 is 0 Å². The molecule has 6 nitrogen and oxygen atoms in total. The normalized spacial score (nSPS) is 30.3. The molecule has 1 N–H and O–H groups in total. The zero-order valence-corrected chi connectivity index (χ0v) is 12.1. The van der Waals surface area contributed by atoms with Crippen molar-refractivity contribution in [3.63, 3.8) is 0 Å². The lowest BCUT2D eigenvalue weighted by Gasteiger charge is -2.34. The van der Waals surface area contributed by atoms with Crippen molar-refractivity contribution in [1.29, 1.82) is 0 Å². The van der Waals surface area contributed by atoms with Gasteiger partial charge in [-0.2, -0.15) is 0 Å². The highest BCUT2D eigenvalue weighted by molar-refractivity contribution is 7.91. The molecule has 2 rings (SSSR count). The number of piperazine rings is 1. The van der Waals surface area contributed by atoms with Gasteiger partial charge < -0.3 is 10.0 Å². The van der Waals surface area contributed by atoms with Gasteiger partial charge >= 0.3 is 5.97 Å².